The lowest BCUT2D eigenvalue weighted by atomic mass is 10.1. The number of Topliss-reactive ketones (excluding diaryl/α,β-unsaturated/α-hetero) is 1. The van der Waals surface area contributed by atoms with Crippen LogP contribution in [-0.4, -0.2) is 16.0 Å². The van der Waals surface area contributed by atoms with Gasteiger partial charge in [-0.05, 0) is 35.4 Å². The lowest BCUT2D eigenvalue weighted by molar-refractivity contribution is -0.117. The molecule has 2 aromatic carbocycles. The molecular formula is C19H18O3. The predicted molar refractivity (Wildman–Crippen MR) is 88.5 cm³/mol. The first-order valence-electron chi connectivity index (χ1n) is 7.06. The summed E-state index contributed by atoms with van der Waals surface area (Å²) < 4.78 is 0. The minimum absolute atomic E-state index is 0.130. The molecule has 3 heteroatoms. The van der Waals surface area contributed by atoms with Gasteiger partial charge in [0.2, 0.25) is 0 Å². The number of hydrogen-bond acceptors (Lipinski definition) is 3. The molecule has 0 unspecified atom stereocenters. The molecule has 2 N–H and O–H groups in total. The smallest absolute Gasteiger partial charge is 0.140 e. The summed E-state index contributed by atoms with van der Waals surface area (Å²) in [7, 11) is 0. The molecule has 0 saturated carbocycles. The second kappa shape index (κ2) is 7.84. The quantitative estimate of drug-likeness (QED) is 0.840. The lowest BCUT2D eigenvalue weighted by Crippen LogP contribution is -1.92. The van der Waals surface area contributed by atoms with Crippen molar-refractivity contribution in [1.82, 2.24) is 0 Å². The van der Waals surface area contributed by atoms with E-state index in [1.807, 2.05) is 24.3 Å². The van der Waals surface area contributed by atoms with E-state index >= 15 is 0 Å². The van der Waals surface area contributed by atoms with Crippen molar-refractivity contribution in [1.29, 1.82) is 0 Å². The third kappa shape index (κ3) is 5.29. The van der Waals surface area contributed by atoms with E-state index in [0.717, 1.165) is 11.1 Å². The fraction of sp³-hybridized carbons (Fsp3) is 0.105. The number of aromatic hydroxyl groups is 2. The van der Waals surface area contributed by atoms with E-state index in [1.54, 1.807) is 48.5 Å². The number of hydrogen-bond donors (Lipinski definition) is 2. The second-order valence-electron chi connectivity index (χ2n) is 4.93. The van der Waals surface area contributed by atoms with Gasteiger partial charge in [-0.3, -0.25) is 4.79 Å². The Bertz CT molecular complexity index is 605. The standard InChI is InChI=1S/C19H18O3/c20-17(5-1-3-15-7-11-18(21)12-8-15)6-2-4-16-9-13-19(22)14-10-16/h1-4,7-14,21-22H,5-6H2. The minimum atomic E-state index is 0.130. The highest BCUT2D eigenvalue weighted by Crippen LogP contribution is 2.12. The van der Waals surface area contributed by atoms with E-state index < -0.39 is 0 Å². The fourth-order valence-electron chi connectivity index (χ4n) is 1.91. The lowest BCUT2D eigenvalue weighted by Gasteiger charge is -1.95. The van der Waals surface area contributed by atoms with E-state index in [1.165, 1.54) is 0 Å². The third-order valence-corrected chi connectivity index (χ3v) is 3.10. The number of phenols is 2. The molecule has 0 heterocycles. The summed E-state index contributed by atoms with van der Waals surface area (Å²) >= 11 is 0. The molecule has 2 rings (SSSR count). The normalized spacial score (nSPS) is 11.3. The van der Waals surface area contributed by atoms with Crippen molar-refractivity contribution in [3.05, 3.63) is 71.8 Å². The van der Waals surface area contributed by atoms with E-state index in [9.17, 15) is 15.0 Å². The summed E-state index contributed by atoms with van der Waals surface area (Å²) in [6.45, 7) is 0. The van der Waals surface area contributed by atoms with Crippen LogP contribution < -0.4 is 0 Å². The number of benzene rings is 2. The van der Waals surface area contributed by atoms with Gasteiger partial charge in [0.05, 0.1) is 0 Å². The van der Waals surface area contributed by atoms with Gasteiger partial charge in [0, 0.05) is 12.8 Å². The number of ketones is 1. The molecule has 112 valence electrons. The Labute approximate surface area is 129 Å². The highest BCUT2D eigenvalue weighted by molar-refractivity contribution is 5.82. The summed E-state index contributed by atoms with van der Waals surface area (Å²) in [4.78, 5) is 11.7. The Morgan fingerprint density at radius 3 is 1.45 bits per heavy atom. The molecule has 3 nitrogen and oxygen atoms in total. The Hall–Kier alpha value is -2.81. The highest BCUT2D eigenvalue weighted by atomic mass is 16.3. The predicted octanol–water partition coefficient (Wildman–Crippen LogP) is 4.17. The second-order valence-corrected chi connectivity index (χ2v) is 4.93. The molecule has 0 aliphatic rings. The van der Waals surface area contributed by atoms with Crippen LogP contribution in [0.5, 0.6) is 11.5 Å². The number of carbonyl (C=O) groups is 1. The average Bonchev–Trinajstić information content (AvgIpc) is 2.51. The highest BCUT2D eigenvalue weighted by Gasteiger charge is 1.96. The SMILES string of the molecule is O=C(CC=Cc1ccc(O)cc1)CC=Cc1ccc(O)cc1. The molecule has 0 bridgehead atoms. The van der Waals surface area contributed by atoms with Gasteiger partial charge in [-0.1, -0.05) is 48.6 Å². The zero-order chi connectivity index (χ0) is 15.8. The molecule has 2 aromatic rings. The van der Waals surface area contributed by atoms with Crippen LogP contribution in [0, 0.1) is 0 Å². The Kier molecular flexibility index (Phi) is 5.55. The molecule has 0 amide bonds. The van der Waals surface area contributed by atoms with Gasteiger partial charge in [-0.25, -0.2) is 0 Å². The summed E-state index contributed by atoms with van der Waals surface area (Å²) in [5.41, 5.74) is 1.90. The maximum absolute atomic E-state index is 11.7. The Balaban J connectivity index is 1.78. The van der Waals surface area contributed by atoms with Gasteiger partial charge in [0.25, 0.3) is 0 Å². The minimum Gasteiger partial charge on any atom is -0.508 e. The number of rotatable bonds is 6. The Morgan fingerprint density at radius 2 is 1.09 bits per heavy atom. The number of phenolic OH excluding ortho intramolecular Hbond substituents is 2. The summed E-state index contributed by atoms with van der Waals surface area (Å²) in [5.74, 6) is 0.588. The molecule has 0 aliphatic heterocycles. The molecule has 0 aliphatic carbocycles. The fourth-order valence-corrected chi connectivity index (χ4v) is 1.91. The van der Waals surface area contributed by atoms with Crippen LogP contribution in [-0.2, 0) is 4.79 Å². The summed E-state index contributed by atoms with van der Waals surface area (Å²) in [5, 5.41) is 18.4. The van der Waals surface area contributed by atoms with E-state index in [-0.39, 0.29) is 17.3 Å². The maximum atomic E-state index is 11.7. The van der Waals surface area contributed by atoms with Gasteiger partial charge in [-0.15, -0.1) is 0 Å². The molecule has 0 saturated heterocycles. The first-order chi connectivity index (χ1) is 10.6. The van der Waals surface area contributed by atoms with Gasteiger partial charge in [0.1, 0.15) is 17.3 Å². The van der Waals surface area contributed by atoms with E-state index in [2.05, 4.69) is 0 Å². The summed E-state index contributed by atoms with van der Waals surface area (Å²) in [6.07, 6.45) is 8.12. The van der Waals surface area contributed by atoms with Crippen molar-refractivity contribution >= 4 is 17.9 Å². The number of allylic oxidation sites excluding steroid dienone is 2. The summed E-state index contributed by atoms with van der Waals surface area (Å²) in [6, 6.07) is 13.6. The van der Waals surface area contributed by atoms with Gasteiger partial charge in [0.15, 0.2) is 0 Å². The van der Waals surface area contributed by atoms with Gasteiger partial charge in [-0.2, -0.15) is 0 Å². The van der Waals surface area contributed by atoms with Crippen LogP contribution >= 0.6 is 0 Å². The van der Waals surface area contributed by atoms with E-state index in [4.69, 9.17) is 0 Å². The van der Waals surface area contributed by atoms with Gasteiger partial charge >= 0.3 is 0 Å². The first kappa shape index (κ1) is 15.6. The van der Waals surface area contributed by atoms with Crippen molar-refractivity contribution in [2.75, 3.05) is 0 Å². The monoisotopic (exact) mass is 294 g/mol. The van der Waals surface area contributed by atoms with Crippen LogP contribution in [0.25, 0.3) is 12.2 Å². The zero-order valence-electron chi connectivity index (χ0n) is 12.1. The molecule has 0 spiro atoms. The molecular weight excluding hydrogens is 276 g/mol. The first-order valence-corrected chi connectivity index (χ1v) is 7.06. The molecule has 0 fully saturated rings. The van der Waals surface area contributed by atoms with Crippen LogP contribution in [0.1, 0.15) is 24.0 Å². The maximum Gasteiger partial charge on any atom is 0.140 e. The third-order valence-electron chi connectivity index (χ3n) is 3.10. The average molecular weight is 294 g/mol. The zero-order valence-corrected chi connectivity index (χ0v) is 12.1. The van der Waals surface area contributed by atoms with Gasteiger partial charge < -0.3 is 10.2 Å². The van der Waals surface area contributed by atoms with Crippen molar-refractivity contribution in [3.8, 4) is 11.5 Å². The van der Waals surface area contributed by atoms with E-state index in [0.29, 0.717) is 12.8 Å². The molecule has 0 radical (unpaired) electrons. The van der Waals surface area contributed by atoms with Crippen LogP contribution in [0.2, 0.25) is 0 Å². The van der Waals surface area contributed by atoms with Crippen LogP contribution in [0.3, 0.4) is 0 Å². The van der Waals surface area contributed by atoms with Crippen molar-refractivity contribution in [2.45, 2.75) is 12.8 Å². The Morgan fingerprint density at radius 1 is 0.727 bits per heavy atom. The molecule has 22 heavy (non-hydrogen) atoms. The van der Waals surface area contributed by atoms with Crippen LogP contribution in [0.15, 0.2) is 60.7 Å². The number of carbonyl (C=O) groups excluding carboxylic acids is 1. The van der Waals surface area contributed by atoms with Crippen molar-refractivity contribution < 1.29 is 15.0 Å². The topological polar surface area (TPSA) is 57.5 Å². The molecule has 0 aromatic heterocycles. The van der Waals surface area contributed by atoms with Crippen molar-refractivity contribution in [3.63, 3.8) is 0 Å². The molecule has 0 atom stereocenters. The van der Waals surface area contributed by atoms with Crippen molar-refractivity contribution in [2.24, 2.45) is 0 Å². The van der Waals surface area contributed by atoms with Crippen LogP contribution in [0.4, 0.5) is 0 Å². The largest absolute Gasteiger partial charge is 0.508 e.